The maximum atomic E-state index is 14.6. The van der Waals surface area contributed by atoms with Crippen molar-refractivity contribution in [3.63, 3.8) is 0 Å². The Hall–Kier alpha value is -3.63. The Kier molecular flexibility index (Phi) is 6.73. The quantitative estimate of drug-likeness (QED) is 0.164. The van der Waals surface area contributed by atoms with Crippen LogP contribution in [0.3, 0.4) is 0 Å². The van der Waals surface area contributed by atoms with Crippen LogP contribution < -0.4 is 0 Å². The van der Waals surface area contributed by atoms with Gasteiger partial charge in [-0.15, -0.1) is 0 Å². The fourth-order valence-electron chi connectivity index (χ4n) is 3.38. The highest BCUT2D eigenvalue weighted by Crippen LogP contribution is 2.40. The number of halogens is 1. The third-order valence-corrected chi connectivity index (χ3v) is 4.78. The number of hydrogen-bond donors (Lipinski definition) is 2. The minimum absolute atomic E-state index is 0.0158. The second-order valence-electron chi connectivity index (χ2n) is 6.66. The molecule has 10 heteroatoms. The van der Waals surface area contributed by atoms with Crippen molar-refractivity contribution in [3.8, 4) is 0 Å². The van der Waals surface area contributed by atoms with E-state index >= 15 is 0 Å². The summed E-state index contributed by atoms with van der Waals surface area (Å²) >= 11 is 0. The topological polar surface area (TPSA) is 130 Å². The molecule has 2 aromatic carbocycles. The third kappa shape index (κ3) is 4.44. The van der Waals surface area contributed by atoms with Crippen LogP contribution in [0, 0.1) is 15.9 Å². The van der Waals surface area contributed by atoms with E-state index in [9.17, 15) is 29.2 Å². The standard InChI is InChI=1S/C21H19FN2O7/c22-16-7-2-1-6-15(16)18-17(19(26)13-4-3-5-14(12-13)24(29)30)20(27)21(28)23(18)8-10-31-11-9-25/h1-7,12,18,25-26H,8-11H2/t18-/m0/s1. The number of Topliss-reactive ketones (excluding diaryl/α,β-unsaturated/α-hetero) is 1. The number of nitrogens with zero attached hydrogens (tertiary/aromatic N) is 2. The highest BCUT2D eigenvalue weighted by molar-refractivity contribution is 6.46. The average Bonchev–Trinajstić information content (AvgIpc) is 3.01. The number of likely N-dealkylation sites (tertiary alicyclic amines) is 1. The highest BCUT2D eigenvalue weighted by Gasteiger charge is 2.46. The number of non-ortho nitro benzene ring substituents is 1. The van der Waals surface area contributed by atoms with Crippen LogP contribution in [-0.2, 0) is 14.3 Å². The predicted molar refractivity (Wildman–Crippen MR) is 106 cm³/mol. The van der Waals surface area contributed by atoms with Crippen LogP contribution in [0.2, 0.25) is 0 Å². The van der Waals surface area contributed by atoms with Crippen LogP contribution in [0.4, 0.5) is 10.1 Å². The number of aliphatic hydroxyl groups is 2. The fourth-order valence-corrected chi connectivity index (χ4v) is 3.38. The van der Waals surface area contributed by atoms with Gasteiger partial charge in [0, 0.05) is 29.8 Å². The number of nitro groups is 1. The summed E-state index contributed by atoms with van der Waals surface area (Å²) in [7, 11) is 0. The maximum Gasteiger partial charge on any atom is 0.295 e. The Bertz CT molecular complexity index is 1050. The van der Waals surface area contributed by atoms with Crippen molar-refractivity contribution in [1.82, 2.24) is 4.90 Å². The van der Waals surface area contributed by atoms with Crippen LogP contribution >= 0.6 is 0 Å². The lowest BCUT2D eigenvalue weighted by molar-refractivity contribution is -0.384. The van der Waals surface area contributed by atoms with Gasteiger partial charge in [0.25, 0.3) is 17.4 Å². The van der Waals surface area contributed by atoms with Gasteiger partial charge in [-0.05, 0) is 6.07 Å². The van der Waals surface area contributed by atoms with Gasteiger partial charge in [0.1, 0.15) is 11.6 Å². The summed E-state index contributed by atoms with van der Waals surface area (Å²) in [6.45, 7) is -0.352. The molecule has 1 aliphatic rings. The van der Waals surface area contributed by atoms with Crippen molar-refractivity contribution in [2.75, 3.05) is 26.4 Å². The van der Waals surface area contributed by atoms with Crippen molar-refractivity contribution < 1.29 is 33.9 Å². The van der Waals surface area contributed by atoms with E-state index in [2.05, 4.69) is 0 Å². The number of nitro benzene ring substituents is 1. The molecule has 1 amide bonds. The molecule has 2 aromatic rings. The van der Waals surface area contributed by atoms with Crippen LogP contribution in [0.15, 0.2) is 54.1 Å². The number of hydrogen-bond acceptors (Lipinski definition) is 7. The van der Waals surface area contributed by atoms with Crippen molar-refractivity contribution >= 4 is 23.1 Å². The monoisotopic (exact) mass is 430 g/mol. The fraction of sp³-hybridized carbons (Fsp3) is 0.238. The Morgan fingerprint density at radius 3 is 2.58 bits per heavy atom. The zero-order chi connectivity index (χ0) is 22.5. The second-order valence-corrected chi connectivity index (χ2v) is 6.66. The van der Waals surface area contributed by atoms with Gasteiger partial charge in [-0.3, -0.25) is 19.7 Å². The van der Waals surface area contributed by atoms with Crippen LogP contribution in [0.25, 0.3) is 5.76 Å². The predicted octanol–water partition coefficient (Wildman–Crippen LogP) is 2.16. The zero-order valence-corrected chi connectivity index (χ0v) is 16.2. The molecule has 0 spiro atoms. The second kappa shape index (κ2) is 9.45. The van der Waals surface area contributed by atoms with Gasteiger partial charge >= 0.3 is 0 Å². The van der Waals surface area contributed by atoms with E-state index in [-0.39, 0.29) is 48.8 Å². The number of aliphatic hydroxyl groups excluding tert-OH is 2. The molecule has 9 nitrogen and oxygen atoms in total. The summed E-state index contributed by atoms with van der Waals surface area (Å²) in [6, 6.07) is 9.19. The first kappa shape index (κ1) is 22.1. The minimum Gasteiger partial charge on any atom is -0.507 e. The first-order chi connectivity index (χ1) is 14.9. The van der Waals surface area contributed by atoms with Crippen LogP contribution in [0.1, 0.15) is 17.2 Å². The summed E-state index contributed by atoms with van der Waals surface area (Å²) in [4.78, 5) is 36.9. The SMILES string of the molecule is O=C1C(=O)N(CCOCCO)[C@@H](c2ccccc2F)C1=C(O)c1cccc([N+](=O)[O-])c1. The molecule has 0 unspecified atom stereocenters. The number of carbonyl (C=O) groups is 2. The van der Waals surface area contributed by atoms with Gasteiger partial charge in [0.05, 0.1) is 36.4 Å². The summed E-state index contributed by atoms with van der Waals surface area (Å²) in [5.41, 5.74) is -0.767. The van der Waals surface area contributed by atoms with Crippen LogP contribution in [-0.4, -0.2) is 58.1 Å². The molecule has 31 heavy (non-hydrogen) atoms. The number of rotatable bonds is 8. The van der Waals surface area contributed by atoms with Crippen LogP contribution in [0.5, 0.6) is 0 Å². The summed E-state index contributed by atoms with van der Waals surface area (Å²) in [5, 5.41) is 30.7. The Balaban J connectivity index is 2.12. The molecule has 2 N–H and O–H groups in total. The first-order valence-corrected chi connectivity index (χ1v) is 9.33. The molecule has 162 valence electrons. The average molecular weight is 430 g/mol. The molecule has 0 saturated carbocycles. The van der Waals surface area contributed by atoms with Crippen molar-refractivity contribution in [2.45, 2.75) is 6.04 Å². The van der Waals surface area contributed by atoms with Gasteiger partial charge in [0.2, 0.25) is 0 Å². The number of ether oxygens (including phenoxy) is 1. The number of benzene rings is 2. The van der Waals surface area contributed by atoms with Gasteiger partial charge in [-0.1, -0.05) is 30.3 Å². The Morgan fingerprint density at radius 2 is 1.90 bits per heavy atom. The van der Waals surface area contributed by atoms with Gasteiger partial charge in [-0.25, -0.2) is 4.39 Å². The summed E-state index contributed by atoms with van der Waals surface area (Å²) in [5.74, 6) is -3.35. The van der Waals surface area contributed by atoms with E-state index in [4.69, 9.17) is 9.84 Å². The Morgan fingerprint density at radius 1 is 1.16 bits per heavy atom. The first-order valence-electron chi connectivity index (χ1n) is 9.33. The van der Waals surface area contributed by atoms with E-state index < -0.39 is 34.2 Å². The molecule has 0 bridgehead atoms. The van der Waals surface area contributed by atoms with Gasteiger partial charge in [0.15, 0.2) is 0 Å². The van der Waals surface area contributed by atoms with Gasteiger partial charge in [-0.2, -0.15) is 0 Å². The number of carbonyl (C=O) groups excluding carboxylic acids is 2. The lowest BCUT2D eigenvalue weighted by Gasteiger charge is -2.25. The zero-order valence-electron chi connectivity index (χ0n) is 16.2. The molecule has 0 aromatic heterocycles. The smallest absolute Gasteiger partial charge is 0.295 e. The van der Waals surface area contributed by atoms with Crippen molar-refractivity contribution in [2.24, 2.45) is 0 Å². The maximum absolute atomic E-state index is 14.6. The normalized spacial score (nSPS) is 17.9. The molecule has 0 radical (unpaired) electrons. The molecule has 1 atom stereocenters. The molecule has 3 rings (SSSR count). The Labute approximate surface area is 176 Å². The minimum atomic E-state index is -1.25. The van der Waals surface area contributed by atoms with E-state index in [1.165, 1.54) is 36.4 Å². The van der Waals surface area contributed by atoms with E-state index in [1.54, 1.807) is 0 Å². The summed E-state index contributed by atoms with van der Waals surface area (Å²) in [6.07, 6.45) is 0. The van der Waals surface area contributed by atoms with E-state index in [0.29, 0.717) is 0 Å². The summed E-state index contributed by atoms with van der Waals surface area (Å²) < 4.78 is 19.8. The molecule has 1 fully saturated rings. The lowest BCUT2D eigenvalue weighted by atomic mass is 9.95. The molecule has 0 aliphatic carbocycles. The lowest BCUT2D eigenvalue weighted by Crippen LogP contribution is -2.33. The molecular formula is C21H19FN2O7. The largest absolute Gasteiger partial charge is 0.507 e. The van der Waals surface area contributed by atoms with E-state index in [0.717, 1.165) is 17.0 Å². The molecule has 1 saturated heterocycles. The van der Waals surface area contributed by atoms with E-state index in [1.807, 2.05) is 0 Å². The van der Waals surface area contributed by atoms with Crippen molar-refractivity contribution in [1.29, 1.82) is 0 Å². The molecular weight excluding hydrogens is 411 g/mol. The highest BCUT2D eigenvalue weighted by atomic mass is 19.1. The van der Waals surface area contributed by atoms with Gasteiger partial charge < -0.3 is 19.8 Å². The molecule has 1 aliphatic heterocycles. The molecule has 1 heterocycles. The van der Waals surface area contributed by atoms with Crippen molar-refractivity contribution in [3.05, 3.63) is 81.2 Å². The number of amides is 1. The third-order valence-electron chi connectivity index (χ3n) is 4.78. The number of ketones is 1.